The lowest BCUT2D eigenvalue weighted by molar-refractivity contribution is 0.0893. The number of carbonyl (C=O) groups is 1. The predicted octanol–water partition coefficient (Wildman–Crippen LogP) is 4.16. The number of hydrogen-bond donors (Lipinski definition) is 2. The van der Waals surface area contributed by atoms with Gasteiger partial charge >= 0.3 is 0 Å². The number of benzene rings is 1. The summed E-state index contributed by atoms with van der Waals surface area (Å²) >= 11 is 7.43. The maximum atomic E-state index is 12.4. The van der Waals surface area contributed by atoms with Gasteiger partial charge < -0.3 is 11.1 Å². The van der Waals surface area contributed by atoms with Crippen LogP contribution in [0.4, 0.5) is 0 Å². The van der Waals surface area contributed by atoms with Crippen molar-refractivity contribution in [3.63, 3.8) is 0 Å². The van der Waals surface area contributed by atoms with Crippen LogP contribution < -0.4 is 11.1 Å². The number of amides is 1. The summed E-state index contributed by atoms with van der Waals surface area (Å²) in [4.78, 5) is 16.8. The monoisotopic (exact) mass is 407 g/mol. The number of halogens is 3. The Bertz CT molecular complexity index is 705. The number of aromatic nitrogens is 1. The van der Waals surface area contributed by atoms with E-state index in [9.17, 15) is 4.79 Å². The standard InChI is InChI=1S/C16H18ClN3OS.2ClH/c1-16(9-18,11-5-6-11)20-14(21)13-8-22-15(19-13)10-3-2-4-12(17)7-10;;/h2-4,7-8,11H,5-6,9,18H2,1H3,(H,20,21);2*1H. The molecule has 0 bridgehead atoms. The molecular weight excluding hydrogens is 389 g/mol. The first-order chi connectivity index (χ1) is 10.5. The van der Waals surface area contributed by atoms with Gasteiger partial charge in [0.15, 0.2) is 0 Å². The molecule has 1 aliphatic rings. The summed E-state index contributed by atoms with van der Waals surface area (Å²) in [5.41, 5.74) is 6.85. The first kappa shape index (κ1) is 21.2. The molecule has 0 spiro atoms. The summed E-state index contributed by atoms with van der Waals surface area (Å²) in [5.74, 6) is 0.317. The van der Waals surface area contributed by atoms with Gasteiger partial charge in [0.1, 0.15) is 10.7 Å². The molecule has 132 valence electrons. The van der Waals surface area contributed by atoms with Crippen LogP contribution in [0.2, 0.25) is 5.02 Å². The van der Waals surface area contributed by atoms with E-state index in [4.69, 9.17) is 17.3 Å². The molecule has 0 radical (unpaired) electrons. The highest BCUT2D eigenvalue weighted by atomic mass is 35.5. The molecule has 8 heteroatoms. The van der Waals surface area contributed by atoms with Gasteiger partial charge in [-0.15, -0.1) is 36.2 Å². The summed E-state index contributed by atoms with van der Waals surface area (Å²) in [6, 6.07) is 7.46. The first-order valence-electron chi connectivity index (χ1n) is 7.26. The highest BCUT2D eigenvalue weighted by Crippen LogP contribution is 2.39. The van der Waals surface area contributed by atoms with Gasteiger partial charge in [-0.2, -0.15) is 0 Å². The molecule has 0 saturated heterocycles. The summed E-state index contributed by atoms with van der Waals surface area (Å²) in [5, 5.41) is 6.27. The number of nitrogens with zero attached hydrogens (tertiary/aromatic N) is 1. The van der Waals surface area contributed by atoms with E-state index < -0.39 is 0 Å². The van der Waals surface area contributed by atoms with Crippen LogP contribution in [-0.2, 0) is 0 Å². The fourth-order valence-corrected chi connectivity index (χ4v) is 3.48. The zero-order valence-corrected chi connectivity index (χ0v) is 16.3. The molecule has 3 rings (SSSR count). The van der Waals surface area contributed by atoms with Gasteiger partial charge in [-0.05, 0) is 37.8 Å². The predicted molar refractivity (Wildman–Crippen MR) is 105 cm³/mol. The molecule has 1 atom stereocenters. The lowest BCUT2D eigenvalue weighted by atomic mass is 9.96. The third kappa shape index (κ3) is 4.61. The number of hydrogen-bond acceptors (Lipinski definition) is 4. The lowest BCUT2D eigenvalue weighted by Gasteiger charge is -2.29. The molecule has 1 unspecified atom stereocenters. The van der Waals surface area contributed by atoms with E-state index in [0.717, 1.165) is 23.4 Å². The zero-order valence-electron chi connectivity index (χ0n) is 13.1. The van der Waals surface area contributed by atoms with Crippen molar-refractivity contribution in [1.82, 2.24) is 10.3 Å². The number of nitrogens with one attached hydrogen (secondary N) is 1. The van der Waals surface area contributed by atoms with Gasteiger partial charge in [0.05, 0.1) is 5.54 Å². The molecule has 2 aromatic rings. The fraction of sp³-hybridized carbons (Fsp3) is 0.375. The Morgan fingerprint density at radius 1 is 1.46 bits per heavy atom. The normalized spacial score (nSPS) is 15.6. The largest absolute Gasteiger partial charge is 0.344 e. The van der Waals surface area contributed by atoms with E-state index in [1.54, 1.807) is 5.38 Å². The second kappa shape index (κ2) is 8.50. The van der Waals surface area contributed by atoms with Gasteiger partial charge in [0.25, 0.3) is 5.91 Å². The number of nitrogens with two attached hydrogens (primary N) is 1. The highest BCUT2D eigenvalue weighted by Gasteiger charge is 2.41. The smallest absolute Gasteiger partial charge is 0.271 e. The highest BCUT2D eigenvalue weighted by molar-refractivity contribution is 7.13. The molecule has 4 nitrogen and oxygen atoms in total. The Morgan fingerprint density at radius 3 is 2.75 bits per heavy atom. The molecule has 1 aromatic heterocycles. The van der Waals surface area contributed by atoms with Crippen LogP contribution in [0.25, 0.3) is 10.6 Å². The molecule has 1 heterocycles. The Morgan fingerprint density at radius 2 is 2.17 bits per heavy atom. The van der Waals surface area contributed by atoms with Crippen molar-refractivity contribution < 1.29 is 4.79 Å². The van der Waals surface area contributed by atoms with Gasteiger partial charge in [-0.3, -0.25) is 4.79 Å². The number of thiazole rings is 1. The summed E-state index contributed by atoms with van der Waals surface area (Å²) in [6.45, 7) is 2.45. The van der Waals surface area contributed by atoms with Gasteiger partial charge in [0, 0.05) is 22.5 Å². The van der Waals surface area contributed by atoms with E-state index in [1.807, 2.05) is 31.2 Å². The molecule has 3 N–H and O–H groups in total. The lowest BCUT2D eigenvalue weighted by Crippen LogP contribution is -2.53. The van der Waals surface area contributed by atoms with Crippen molar-refractivity contribution in [3.8, 4) is 10.6 Å². The SMILES string of the molecule is CC(CN)(NC(=O)c1csc(-c2cccc(Cl)c2)n1)C1CC1.Cl.Cl. The van der Waals surface area contributed by atoms with E-state index in [-0.39, 0.29) is 36.3 Å². The quantitative estimate of drug-likeness (QED) is 0.780. The van der Waals surface area contributed by atoms with Crippen molar-refractivity contribution in [2.45, 2.75) is 25.3 Å². The van der Waals surface area contributed by atoms with E-state index in [1.165, 1.54) is 11.3 Å². The minimum Gasteiger partial charge on any atom is -0.344 e. The fourth-order valence-electron chi connectivity index (χ4n) is 2.50. The van der Waals surface area contributed by atoms with E-state index in [2.05, 4.69) is 10.3 Å². The average Bonchev–Trinajstić information content (AvgIpc) is 3.25. The minimum absolute atomic E-state index is 0. The van der Waals surface area contributed by atoms with Crippen LogP contribution in [0.5, 0.6) is 0 Å². The average molecular weight is 409 g/mol. The molecule has 1 amide bonds. The summed E-state index contributed by atoms with van der Waals surface area (Å²) in [6.07, 6.45) is 2.25. The van der Waals surface area contributed by atoms with Crippen molar-refractivity contribution in [3.05, 3.63) is 40.4 Å². The van der Waals surface area contributed by atoms with Crippen LogP contribution in [0.1, 0.15) is 30.3 Å². The Labute approximate surface area is 163 Å². The van der Waals surface area contributed by atoms with Crippen LogP contribution in [0, 0.1) is 5.92 Å². The topological polar surface area (TPSA) is 68.0 Å². The molecule has 1 fully saturated rings. The maximum absolute atomic E-state index is 12.4. The second-order valence-corrected chi connectivity index (χ2v) is 7.19. The van der Waals surface area contributed by atoms with Crippen molar-refractivity contribution in [1.29, 1.82) is 0 Å². The van der Waals surface area contributed by atoms with E-state index >= 15 is 0 Å². The molecular formula is C16H20Cl3N3OS. The van der Waals surface area contributed by atoms with Gasteiger partial charge in [-0.25, -0.2) is 4.98 Å². The van der Waals surface area contributed by atoms with Crippen LogP contribution >= 0.6 is 47.8 Å². The van der Waals surface area contributed by atoms with Crippen molar-refractivity contribution in [2.24, 2.45) is 11.7 Å². The maximum Gasteiger partial charge on any atom is 0.271 e. The zero-order chi connectivity index (χ0) is 15.7. The number of rotatable bonds is 5. The van der Waals surface area contributed by atoms with Gasteiger partial charge in [0.2, 0.25) is 0 Å². The first-order valence-corrected chi connectivity index (χ1v) is 8.51. The Hall–Kier alpha value is -0.850. The van der Waals surface area contributed by atoms with E-state index in [0.29, 0.717) is 23.2 Å². The van der Waals surface area contributed by atoms with Gasteiger partial charge in [-0.1, -0.05) is 23.7 Å². The Balaban J connectivity index is 0.00000144. The second-order valence-electron chi connectivity index (χ2n) is 5.90. The summed E-state index contributed by atoms with van der Waals surface area (Å²) in [7, 11) is 0. The minimum atomic E-state index is -0.336. The van der Waals surface area contributed by atoms with Crippen molar-refractivity contribution >= 4 is 53.7 Å². The molecule has 1 saturated carbocycles. The molecule has 1 aliphatic carbocycles. The van der Waals surface area contributed by atoms with Crippen LogP contribution in [0.15, 0.2) is 29.6 Å². The molecule has 24 heavy (non-hydrogen) atoms. The Kier molecular flexibility index (Phi) is 7.50. The van der Waals surface area contributed by atoms with Crippen LogP contribution in [0.3, 0.4) is 0 Å². The third-order valence-corrected chi connectivity index (χ3v) is 5.24. The third-order valence-electron chi connectivity index (χ3n) is 4.11. The van der Waals surface area contributed by atoms with Crippen LogP contribution in [-0.4, -0.2) is 23.0 Å². The molecule has 0 aliphatic heterocycles. The van der Waals surface area contributed by atoms with Crippen molar-refractivity contribution in [2.75, 3.05) is 6.54 Å². The molecule has 1 aromatic carbocycles. The summed E-state index contributed by atoms with van der Waals surface area (Å²) < 4.78 is 0. The number of carbonyl (C=O) groups excluding carboxylic acids is 1.